The van der Waals surface area contributed by atoms with Crippen molar-refractivity contribution in [2.24, 2.45) is 0 Å². The summed E-state index contributed by atoms with van der Waals surface area (Å²) < 4.78 is 0. The zero-order valence-electron chi connectivity index (χ0n) is 20.5. The van der Waals surface area contributed by atoms with Gasteiger partial charge in [0.1, 0.15) is 10.8 Å². The highest BCUT2D eigenvalue weighted by Gasteiger charge is 2.21. The number of hydrogen-bond acceptors (Lipinski definition) is 5. The Hall–Kier alpha value is -3.84. The van der Waals surface area contributed by atoms with Crippen LogP contribution >= 0.6 is 11.8 Å². The number of fused-ring (bicyclic) bond motifs is 1. The lowest BCUT2D eigenvalue weighted by Crippen LogP contribution is -2.20. The van der Waals surface area contributed by atoms with Crippen LogP contribution in [-0.2, 0) is 0 Å². The van der Waals surface area contributed by atoms with Crippen molar-refractivity contribution in [1.82, 2.24) is 4.98 Å². The molecule has 1 aromatic heterocycles. The van der Waals surface area contributed by atoms with Gasteiger partial charge in [-0.1, -0.05) is 68.3 Å². The fourth-order valence-corrected chi connectivity index (χ4v) is 4.87. The van der Waals surface area contributed by atoms with Gasteiger partial charge in [0.25, 0.3) is 11.8 Å². The summed E-state index contributed by atoms with van der Waals surface area (Å²) in [5, 5.41) is 8.47. The van der Waals surface area contributed by atoms with Crippen LogP contribution in [-0.4, -0.2) is 22.6 Å². The molecule has 0 unspecified atom stereocenters. The highest BCUT2D eigenvalue weighted by molar-refractivity contribution is 7.99. The van der Waals surface area contributed by atoms with Crippen molar-refractivity contribution in [2.45, 2.75) is 38.1 Å². The highest BCUT2D eigenvalue weighted by Crippen LogP contribution is 2.28. The molecule has 1 heterocycles. The zero-order chi connectivity index (χ0) is 25.5. The van der Waals surface area contributed by atoms with Crippen LogP contribution < -0.4 is 16.4 Å². The van der Waals surface area contributed by atoms with E-state index in [2.05, 4.69) is 22.5 Å². The van der Waals surface area contributed by atoms with Crippen LogP contribution in [0, 0.1) is 6.92 Å². The quantitative estimate of drug-likeness (QED) is 0.172. The summed E-state index contributed by atoms with van der Waals surface area (Å²) in [5.74, 6) is 0.170. The molecule has 184 valence electrons. The van der Waals surface area contributed by atoms with Gasteiger partial charge < -0.3 is 16.4 Å². The predicted octanol–water partition coefficient (Wildman–Crippen LogP) is 6.91. The number of para-hydroxylation sites is 1. The molecule has 4 aromatic rings. The van der Waals surface area contributed by atoms with Crippen molar-refractivity contribution >= 4 is 51.5 Å². The number of anilines is 3. The number of nitrogens with two attached hydrogens (primary N) is 1. The Kier molecular flexibility index (Phi) is 8.23. The summed E-state index contributed by atoms with van der Waals surface area (Å²) in [7, 11) is 0. The van der Waals surface area contributed by atoms with Crippen molar-refractivity contribution < 1.29 is 9.59 Å². The van der Waals surface area contributed by atoms with Crippen LogP contribution in [0.25, 0.3) is 10.8 Å². The van der Waals surface area contributed by atoms with E-state index >= 15 is 0 Å². The lowest BCUT2D eigenvalue weighted by atomic mass is 10.1. The Bertz CT molecular complexity index is 1400. The average molecular weight is 499 g/mol. The molecule has 3 aromatic carbocycles. The van der Waals surface area contributed by atoms with Crippen LogP contribution in [0.3, 0.4) is 0 Å². The number of benzene rings is 3. The molecule has 0 bridgehead atoms. The van der Waals surface area contributed by atoms with E-state index in [0.717, 1.165) is 41.4 Å². The number of rotatable bonds is 9. The second-order valence-corrected chi connectivity index (χ2v) is 9.70. The number of pyridine rings is 1. The summed E-state index contributed by atoms with van der Waals surface area (Å²) in [6.07, 6.45) is 3.20. The van der Waals surface area contributed by atoms with E-state index in [1.165, 1.54) is 11.8 Å². The molecule has 0 atom stereocenters. The van der Waals surface area contributed by atoms with Crippen molar-refractivity contribution in [3.63, 3.8) is 0 Å². The number of nitrogens with one attached hydrogen (secondary N) is 2. The summed E-state index contributed by atoms with van der Waals surface area (Å²) in [6, 6.07) is 22.7. The summed E-state index contributed by atoms with van der Waals surface area (Å²) in [6.45, 7) is 4.07. The first-order valence-electron chi connectivity index (χ1n) is 12.1. The van der Waals surface area contributed by atoms with Crippen LogP contribution in [0.1, 0.15) is 52.5 Å². The molecule has 0 saturated carbocycles. The number of amides is 2. The summed E-state index contributed by atoms with van der Waals surface area (Å²) >= 11 is 1.49. The highest BCUT2D eigenvalue weighted by atomic mass is 32.2. The Morgan fingerprint density at radius 2 is 1.58 bits per heavy atom. The van der Waals surface area contributed by atoms with Gasteiger partial charge in [0.05, 0.1) is 11.1 Å². The number of aromatic nitrogens is 1. The van der Waals surface area contributed by atoms with Crippen LogP contribution in [0.4, 0.5) is 17.2 Å². The van der Waals surface area contributed by atoms with Gasteiger partial charge in [-0.2, -0.15) is 0 Å². The number of unbranched alkanes of at least 4 members (excludes halogenated alkanes) is 2. The van der Waals surface area contributed by atoms with E-state index in [0.29, 0.717) is 22.0 Å². The van der Waals surface area contributed by atoms with E-state index in [1.54, 1.807) is 6.07 Å². The second-order valence-electron chi connectivity index (χ2n) is 8.61. The first-order chi connectivity index (χ1) is 17.5. The molecular formula is C29H30N4O2S. The Balaban J connectivity index is 1.63. The standard InChI is InChI=1S/C29H30N4O2S/c1-3-4-9-16-36-29-24(28(35)32-25-13-8-5-10-19(25)2)18-23(26(30)33-29)27(34)31-22-15-14-20-11-6-7-12-21(20)17-22/h5-8,10-15,17-18H,3-4,9,16H2,1-2H3,(H2,30,33)(H,31,34)(H,32,35). The van der Waals surface area contributed by atoms with Crippen molar-refractivity contribution in [2.75, 3.05) is 22.1 Å². The Morgan fingerprint density at radius 1 is 0.861 bits per heavy atom. The van der Waals surface area contributed by atoms with E-state index in [9.17, 15) is 9.59 Å². The number of hydrogen-bond donors (Lipinski definition) is 3. The SMILES string of the molecule is CCCCCSc1nc(N)c(C(=O)Nc2ccc3ccccc3c2)cc1C(=O)Nc1ccccc1C. The molecular weight excluding hydrogens is 468 g/mol. The molecule has 0 aliphatic carbocycles. The maximum absolute atomic E-state index is 13.3. The Labute approximate surface area is 215 Å². The first-order valence-corrected chi connectivity index (χ1v) is 13.0. The molecule has 0 spiro atoms. The van der Waals surface area contributed by atoms with E-state index in [-0.39, 0.29) is 17.3 Å². The molecule has 7 heteroatoms. The van der Waals surface area contributed by atoms with Gasteiger partial charge in [-0.05, 0) is 59.7 Å². The van der Waals surface area contributed by atoms with Crippen molar-refractivity contribution in [3.05, 3.63) is 89.5 Å². The lowest BCUT2D eigenvalue weighted by Gasteiger charge is -2.14. The van der Waals surface area contributed by atoms with Crippen molar-refractivity contribution in [1.29, 1.82) is 0 Å². The zero-order valence-corrected chi connectivity index (χ0v) is 21.3. The van der Waals surface area contributed by atoms with Gasteiger partial charge in [-0.15, -0.1) is 11.8 Å². The molecule has 0 fully saturated rings. The normalized spacial score (nSPS) is 10.8. The largest absolute Gasteiger partial charge is 0.383 e. The summed E-state index contributed by atoms with van der Waals surface area (Å²) in [4.78, 5) is 31.0. The molecule has 4 N–H and O–H groups in total. The van der Waals surface area contributed by atoms with Crippen LogP contribution in [0.15, 0.2) is 77.8 Å². The third kappa shape index (κ3) is 6.04. The fourth-order valence-electron chi connectivity index (χ4n) is 3.85. The van der Waals surface area contributed by atoms with Gasteiger partial charge in [-0.25, -0.2) is 4.98 Å². The monoisotopic (exact) mass is 498 g/mol. The topological polar surface area (TPSA) is 97.1 Å². The second kappa shape index (κ2) is 11.7. The van der Waals surface area contributed by atoms with Gasteiger partial charge in [0, 0.05) is 11.4 Å². The van der Waals surface area contributed by atoms with Gasteiger partial charge in [0.2, 0.25) is 0 Å². The molecule has 4 rings (SSSR count). The molecule has 36 heavy (non-hydrogen) atoms. The molecule has 0 aliphatic heterocycles. The molecule has 0 radical (unpaired) electrons. The minimum Gasteiger partial charge on any atom is -0.383 e. The molecule has 6 nitrogen and oxygen atoms in total. The first kappa shape index (κ1) is 25.3. The Morgan fingerprint density at radius 3 is 2.36 bits per heavy atom. The van der Waals surface area contributed by atoms with Gasteiger partial charge in [0.15, 0.2) is 0 Å². The molecule has 0 aliphatic rings. The number of carbonyl (C=O) groups is 2. The molecule has 0 saturated heterocycles. The third-order valence-electron chi connectivity index (χ3n) is 5.89. The third-order valence-corrected chi connectivity index (χ3v) is 6.97. The average Bonchev–Trinajstić information content (AvgIpc) is 2.88. The molecule has 2 amide bonds. The van der Waals surface area contributed by atoms with Crippen LogP contribution in [0.5, 0.6) is 0 Å². The van der Waals surface area contributed by atoms with E-state index < -0.39 is 5.91 Å². The minimum absolute atomic E-state index is 0.0960. The maximum atomic E-state index is 13.3. The smallest absolute Gasteiger partial charge is 0.259 e. The number of aryl methyl sites for hydroxylation is 1. The van der Waals surface area contributed by atoms with Gasteiger partial charge >= 0.3 is 0 Å². The fraction of sp³-hybridized carbons (Fsp3) is 0.207. The van der Waals surface area contributed by atoms with Crippen LogP contribution in [0.2, 0.25) is 0 Å². The lowest BCUT2D eigenvalue weighted by molar-refractivity contribution is 0.102. The number of nitrogens with zero attached hydrogens (tertiary/aromatic N) is 1. The maximum Gasteiger partial charge on any atom is 0.259 e. The van der Waals surface area contributed by atoms with E-state index in [4.69, 9.17) is 5.73 Å². The van der Waals surface area contributed by atoms with Crippen molar-refractivity contribution in [3.8, 4) is 0 Å². The predicted molar refractivity (Wildman–Crippen MR) is 150 cm³/mol. The van der Waals surface area contributed by atoms with Gasteiger partial charge in [-0.3, -0.25) is 9.59 Å². The number of carbonyl (C=O) groups excluding carboxylic acids is 2. The number of thioether (sulfide) groups is 1. The number of nitrogen functional groups attached to an aromatic ring is 1. The van der Waals surface area contributed by atoms with E-state index in [1.807, 2.05) is 73.7 Å². The minimum atomic E-state index is -0.414. The summed E-state index contributed by atoms with van der Waals surface area (Å²) in [5.41, 5.74) is 9.02.